The van der Waals surface area contributed by atoms with Crippen LogP contribution in [-0.4, -0.2) is 23.7 Å². The largest absolute Gasteiger partial charge is 0.394 e. The van der Waals surface area contributed by atoms with Crippen molar-refractivity contribution in [2.24, 2.45) is 0 Å². The molecule has 2 aromatic carbocycles. The third-order valence-electron chi connectivity index (χ3n) is 3.58. The van der Waals surface area contributed by atoms with Crippen LogP contribution in [0, 0.1) is 13.8 Å². The third kappa shape index (κ3) is 5.11. The van der Waals surface area contributed by atoms with Gasteiger partial charge in [0, 0.05) is 23.8 Å². The molecule has 0 fully saturated rings. The van der Waals surface area contributed by atoms with Crippen LogP contribution in [0.15, 0.2) is 42.5 Å². The van der Waals surface area contributed by atoms with E-state index in [1.54, 1.807) is 19.1 Å². The Kier molecular flexibility index (Phi) is 5.77. The Balaban J connectivity index is 1.96. The van der Waals surface area contributed by atoms with E-state index in [2.05, 4.69) is 42.7 Å². The highest BCUT2D eigenvalue weighted by Crippen LogP contribution is 2.14. The van der Waals surface area contributed by atoms with Crippen molar-refractivity contribution in [2.45, 2.75) is 33.4 Å². The average Bonchev–Trinajstić information content (AvgIpc) is 2.52. The lowest BCUT2D eigenvalue weighted by Gasteiger charge is -2.12. The van der Waals surface area contributed by atoms with Crippen molar-refractivity contribution < 1.29 is 9.90 Å². The van der Waals surface area contributed by atoms with Crippen molar-refractivity contribution in [1.29, 1.82) is 0 Å². The second kappa shape index (κ2) is 7.79. The zero-order valence-corrected chi connectivity index (χ0v) is 13.9. The van der Waals surface area contributed by atoms with Crippen molar-refractivity contribution in [3.05, 3.63) is 64.7 Å². The van der Waals surface area contributed by atoms with Gasteiger partial charge in [0.25, 0.3) is 5.91 Å². The zero-order valence-electron chi connectivity index (χ0n) is 13.9. The quantitative estimate of drug-likeness (QED) is 0.768. The minimum atomic E-state index is -0.245. The predicted molar refractivity (Wildman–Crippen MR) is 93.7 cm³/mol. The Morgan fingerprint density at radius 1 is 1.09 bits per heavy atom. The van der Waals surface area contributed by atoms with Gasteiger partial charge in [0.15, 0.2) is 0 Å². The molecule has 23 heavy (non-hydrogen) atoms. The molecule has 0 saturated carbocycles. The van der Waals surface area contributed by atoms with Gasteiger partial charge in [0.1, 0.15) is 0 Å². The molecule has 0 aromatic heterocycles. The summed E-state index contributed by atoms with van der Waals surface area (Å²) >= 11 is 0. The predicted octanol–water partition coefficient (Wildman–Crippen LogP) is 3.03. The van der Waals surface area contributed by atoms with Crippen LogP contribution in [0.1, 0.15) is 34.0 Å². The molecule has 0 unspecified atom stereocenters. The molecule has 0 radical (unpaired) electrons. The van der Waals surface area contributed by atoms with Crippen molar-refractivity contribution in [2.75, 3.05) is 11.9 Å². The molecule has 0 heterocycles. The van der Waals surface area contributed by atoms with Crippen LogP contribution in [0.4, 0.5) is 5.69 Å². The van der Waals surface area contributed by atoms with Crippen LogP contribution >= 0.6 is 0 Å². The molecule has 122 valence electrons. The van der Waals surface area contributed by atoms with Crippen LogP contribution in [0.3, 0.4) is 0 Å². The lowest BCUT2D eigenvalue weighted by atomic mass is 10.1. The summed E-state index contributed by atoms with van der Waals surface area (Å²) in [5, 5.41) is 15.1. The number of nitrogens with one attached hydrogen (secondary N) is 2. The number of amides is 1. The molecular weight excluding hydrogens is 288 g/mol. The Morgan fingerprint density at radius 2 is 1.70 bits per heavy atom. The molecule has 2 rings (SSSR count). The summed E-state index contributed by atoms with van der Waals surface area (Å²) in [6.07, 6.45) is 0. The van der Waals surface area contributed by atoms with Crippen molar-refractivity contribution in [3.8, 4) is 0 Å². The van der Waals surface area contributed by atoms with Crippen LogP contribution in [-0.2, 0) is 6.54 Å². The first-order chi connectivity index (χ1) is 11.0. The topological polar surface area (TPSA) is 61.4 Å². The number of aryl methyl sites for hydroxylation is 2. The van der Waals surface area contributed by atoms with Gasteiger partial charge in [0.05, 0.1) is 6.61 Å². The maximum atomic E-state index is 11.9. The van der Waals surface area contributed by atoms with Gasteiger partial charge in [-0.25, -0.2) is 0 Å². The van der Waals surface area contributed by atoms with Crippen LogP contribution in [0.5, 0.6) is 0 Å². The van der Waals surface area contributed by atoms with E-state index in [0.29, 0.717) is 5.56 Å². The molecule has 1 atom stereocenters. The van der Waals surface area contributed by atoms with Crippen LogP contribution in [0.2, 0.25) is 0 Å². The average molecular weight is 312 g/mol. The van der Waals surface area contributed by atoms with Crippen LogP contribution in [0.25, 0.3) is 0 Å². The summed E-state index contributed by atoms with van der Waals surface area (Å²) in [7, 11) is 0. The van der Waals surface area contributed by atoms with E-state index < -0.39 is 0 Å². The van der Waals surface area contributed by atoms with Gasteiger partial charge >= 0.3 is 0 Å². The fourth-order valence-corrected chi connectivity index (χ4v) is 2.47. The second-order valence-electron chi connectivity index (χ2n) is 5.98. The molecule has 0 bridgehead atoms. The molecule has 0 aliphatic heterocycles. The summed E-state index contributed by atoms with van der Waals surface area (Å²) < 4.78 is 0. The van der Waals surface area contributed by atoms with Gasteiger partial charge in [-0.2, -0.15) is 0 Å². The van der Waals surface area contributed by atoms with E-state index in [1.165, 1.54) is 16.7 Å². The SMILES string of the molecule is Cc1cc(C)cc(CNc2ccc(C(=O)N[C@@H](C)CO)cc2)c1. The molecular formula is C19H24N2O2. The zero-order chi connectivity index (χ0) is 16.8. The molecule has 0 aliphatic rings. The lowest BCUT2D eigenvalue weighted by Crippen LogP contribution is -2.34. The molecule has 2 aromatic rings. The highest BCUT2D eigenvalue weighted by molar-refractivity contribution is 5.94. The van der Waals surface area contributed by atoms with E-state index >= 15 is 0 Å². The van der Waals surface area contributed by atoms with Crippen molar-refractivity contribution in [3.63, 3.8) is 0 Å². The number of aliphatic hydroxyl groups excluding tert-OH is 1. The Labute approximate surface area is 137 Å². The Hall–Kier alpha value is -2.33. The highest BCUT2D eigenvalue weighted by atomic mass is 16.3. The fourth-order valence-electron chi connectivity index (χ4n) is 2.47. The number of aliphatic hydroxyl groups is 1. The summed E-state index contributed by atoms with van der Waals surface area (Å²) in [4.78, 5) is 11.9. The van der Waals surface area contributed by atoms with Gasteiger partial charge in [-0.15, -0.1) is 0 Å². The minimum Gasteiger partial charge on any atom is -0.394 e. The maximum absolute atomic E-state index is 11.9. The second-order valence-corrected chi connectivity index (χ2v) is 5.98. The van der Waals surface area contributed by atoms with E-state index in [1.807, 2.05) is 12.1 Å². The van der Waals surface area contributed by atoms with Crippen molar-refractivity contribution >= 4 is 11.6 Å². The smallest absolute Gasteiger partial charge is 0.251 e. The minimum absolute atomic E-state index is 0.0682. The lowest BCUT2D eigenvalue weighted by molar-refractivity contribution is 0.0922. The molecule has 4 nitrogen and oxygen atoms in total. The molecule has 0 saturated heterocycles. The van der Waals surface area contributed by atoms with Crippen molar-refractivity contribution in [1.82, 2.24) is 5.32 Å². The van der Waals surface area contributed by atoms with E-state index in [-0.39, 0.29) is 18.6 Å². The van der Waals surface area contributed by atoms with E-state index in [9.17, 15) is 4.79 Å². The summed E-state index contributed by atoms with van der Waals surface area (Å²) in [5.41, 5.74) is 5.30. The number of rotatable bonds is 6. The number of anilines is 1. The summed E-state index contributed by atoms with van der Waals surface area (Å²) in [6, 6.07) is 13.6. The first kappa shape index (κ1) is 17.0. The first-order valence-electron chi connectivity index (χ1n) is 7.81. The number of carbonyl (C=O) groups excluding carboxylic acids is 1. The van der Waals surface area contributed by atoms with Gasteiger partial charge < -0.3 is 15.7 Å². The molecule has 3 N–H and O–H groups in total. The Bertz CT molecular complexity index is 645. The molecule has 1 amide bonds. The van der Waals surface area contributed by atoms with E-state index in [0.717, 1.165) is 12.2 Å². The monoisotopic (exact) mass is 312 g/mol. The summed E-state index contributed by atoms with van der Waals surface area (Å²) in [5.74, 6) is -0.174. The van der Waals surface area contributed by atoms with Gasteiger partial charge in [-0.1, -0.05) is 29.3 Å². The summed E-state index contributed by atoms with van der Waals surface area (Å²) in [6.45, 7) is 6.63. The molecule has 4 heteroatoms. The number of hydrogen-bond acceptors (Lipinski definition) is 3. The van der Waals surface area contributed by atoms with Crippen LogP contribution < -0.4 is 10.6 Å². The normalized spacial score (nSPS) is 11.8. The van der Waals surface area contributed by atoms with Gasteiger partial charge in [-0.05, 0) is 50.6 Å². The first-order valence-corrected chi connectivity index (χ1v) is 7.81. The molecule has 0 aliphatic carbocycles. The Morgan fingerprint density at radius 3 is 2.26 bits per heavy atom. The standard InChI is InChI=1S/C19H24N2O2/c1-13-8-14(2)10-16(9-13)11-20-18-6-4-17(5-7-18)19(23)21-15(3)12-22/h4-10,15,20,22H,11-12H2,1-3H3,(H,21,23)/t15-/m0/s1. The number of benzene rings is 2. The third-order valence-corrected chi connectivity index (χ3v) is 3.58. The highest BCUT2D eigenvalue weighted by Gasteiger charge is 2.08. The molecule has 0 spiro atoms. The van der Waals surface area contributed by atoms with Gasteiger partial charge in [0.2, 0.25) is 0 Å². The number of carbonyl (C=O) groups is 1. The van der Waals surface area contributed by atoms with E-state index in [4.69, 9.17) is 5.11 Å². The van der Waals surface area contributed by atoms with Gasteiger partial charge in [-0.3, -0.25) is 4.79 Å². The fraction of sp³-hybridized carbons (Fsp3) is 0.316. The number of hydrogen-bond donors (Lipinski definition) is 3. The maximum Gasteiger partial charge on any atom is 0.251 e.